The number of hydrogen-bond acceptors (Lipinski definition) is 5. The van der Waals surface area contributed by atoms with Crippen LogP contribution < -0.4 is 5.32 Å². The van der Waals surface area contributed by atoms with Gasteiger partial charge in [0, 0.05) is 12.2 Å². The first-order valence-electron chi connectivity index (χ1n) is 7.99. The second-order valence-electron chi connectivity index (χ2n) is 5.46. The van der Waals surface area contributed by atoms with Crippen LogP contribution in [0, 0.1) is 11.3 Å². The van der Waals surface area contributed by atoms with Gasteiger partial charge in [-0.3, -0.25) is 4.79 Å². The zero-order valence-electron chi connectivity index (χ0n) is 13.9. The van der Waals surface area contributed by atoms with E-state index in [1.165, 1.54) is 11.8 Å². The van der Waals surface area contributed by atoms with Gasteiger partial charge in [0.15, 0.2) is 5.16 Å². The van der Waals surface area contributed by atoms with Gasteiger partial charge in [0.1, 0.15) is 6.33 Å². The number of hydrogen-bond donors (Lipinski definition) is 1. The van der Waals surface area contributed by atoms with E-state index in [1.54, 1.807) is 30.6 Å². The van der Waals surface area contributed by atoms with E-state index >= 15 is 0 Å². The maximum Gasteiger partial charge on any atom is 0.237 e. The standard InChI is InChI=1S/C17H21N5OS/c1-3-4-5-9-22-12-19-21-17(22)24-13(2)16(23)20-15-8-6-7-14(10-15)11-18/h6-8,10,12-13H,3-5,9H2,1-2H3,(H,20,23)/t13-/m0/s1. The molecule has 1 amide bonds. The number of amides is 1. The number of unbranched alkanes of at least 4 members (excludes halogenated alkanes) is 2. The van der Waals surface area contributed by atoms with Crippen LogP contribution >= 0.6 is 11.8 Å². The van der Waals surface area contributed by atoms with Gasteiger partial charge in [0.25, 0.3) is 0 Å². The molecule has 0 aliphatic heterocycles. The van der Waals surface area contributed by atoms with Crippen molar-refractivity contribution in [2.24, 2.45) is 0 Å². The first-order valence-corrected chi connectivity index (χ1v) is 8.87. The Morgan fingerprint density at radius 3 is 3.04 bits per heavy atom. The second kappa shape index (κ2) is 9.08. The quantitative estimate of drug-likeness (QED) is 0.586. The first kappa shape index (κ1) is 18.0. The van der Waals surface area contributed by atoms with E-state index < -0.39 is 0 Å². The molecular weight excluding hydrogens is 322 g/mol. The summed E-state index contributed by atoms with van der Waals surface area (Å²) in [6.45, 7) is 4.86. The molecule has 0 aliphatic carbocycles. The first-order chi connectivity index (χ1) is 11.6. The smallest absolute Gasteiger partial charge is 0.237 e. The summed E-state index contributed by atoms with van der Waals surface area (Å²) >= 11 is 1.38. The summed E-state index contributed by atoms with van der Waals surface area (Å²) < 4.78 is 1.99. The lowest BCUT2D eigenvalue weighted by Gasteiger charge is -2.12. The Balaban J connectivity index is 1.94. The zero-order valence-corrected chi connectivity index (χ0v) is 14.7. The third-order valence-corrected chi connectivity index (χ3v) is 4.59. The van der Waals surface area contributed by atoms with Crippen molar-refractivity contribution >= 4 is 23.4 Å². The molecule has 7 heteroatoms. The summed E-state index contributed by atoms with van der Waals surface area (Å²) in [6, 6.07) is 8.93. The summed E-state index contributed by atoms with van der Waals surface area (Å²) in [7, 11) is 0. The molecule has 0 spiro atoms. The number of aryl methyl sites for hydroxylation is 1. The van der Waals surface area contributed by atoms with Crippen molar-refractivity contribution in [3.8, 4) is 6.07 Å². The fraction of sp³-hybridized carbons (Fsp3) is 0.412. The fourth-order valence-corrected chi connectivity index (χ4v) is 2.99. The van der Waals surface area contributed by atoms with Crippen LogP contribution in [0.15, 0.2) is 35.7 Å². The number of nitriles is 1. The Morgan fingerprint density at radius 2 is 2.29 bits per heavy atom. The minimum atomic E-state index is -0.315. The van der Waals surface area contributed by atoms with Crippen molar-refractivity contribution in [2.75, 3.05) is 5.32 Å². The molecule has 1 atom stereocenters. The number of anilines is 1. The SMILES string of the molecule is CCCCCn1cnnc1S[C@@H](C)C(=O)Nc1cccc(C#N)c1. The number of carbonyl (C=O) groups is 1. The van der Waals surface area contributed by atoms with Crippen LogP contribution in [0.1, 0.15) is 38.7 Å². The average molecular weight is 343 g/mol. The Hall–Kier alpha value is -2.33. The summed E-state index contributed by atoms with van der Waals surface area (Å²) in [5.74, 6) is -0.127. The topological polar surface area (TPSA) is 83.6 Å². The third kappa shape index (κ3) is 5.10. The molecule has 0 fully saturated rings. The summed E-state index contributed by atoms with van der Waals surface area (Å²) in [6.07, 6.45) is 5.10. The van der Waals surface area contributed by atoms with Gasteiger partial charge in [0.2, 0.25) is 5.91 Å². The molecule has 2 aromatic rings. The Labute approximate surface area is 146 Å². The lowest BCUT2D eigenvalue weighted by Crippen LogP contribution is -2.23. The molecular formula is C17H21N5OS. The van der Waals surface area contributed by atoms with Crippen molar-refractivity contribution in [1.29, 1.82) is 5.26 Å². The number of thioether (sulfide) groups is 1. The highest BCUT2D eigenvalue weighted by atomic mass is 32.2. The molecule has 6 nitrogen and oxygen atoms in total. The molecule has 0 saturated carbocycles. The van der Waals surface area contributed by atoms with E-state index in [0.717, 1.165) is 31.0 Å². The minimum absolute atomic E-state index is 0.127. The highest BCUT2D eigenvalue weighted by Gasteiger charge is 2.18. The average Bonchev–Trinajstić information content (AvgIpc) is 3.02. The fourth-order valence-electron chi connectivity index (χ4n) is 2.14. The van der Waals surface area contributed by atoms with Crippen molar-refractivity contribution in [3.05, 3.63) is 36.2 Å². The molecule has 1 aromatic carbocycles. The predicted octanol–water partition coefficient (Wildman–Crippen LogP) is 3.46. The number of aromatic nitrogens is 3. The summed E-state index contributed by atoms with van der Waals surface area (Å²) in [5, 5.41) is 20.2. The molecule has 0 unspecified atom stereocenters. The van der Waals surface area contributed by atoms with Crippen LogP contribution in [-0.2, 0) is 11.3 Å². The summed E-state index contributed by atoms with van der Waals surface area (Å²) in [4.78, 5) is 12.3. The van der Waals surface area contributed by atoms with Gasteiger partial charge in [-0.1, -0.05) is 37.6 Å². The van der Waals surface area contributed by atoms with Crippen LogP contribution in [0.2, 0.25) is 0 Å². The van der Waals surface area contributed by atoms with Gasteiger partial charge in [0.05, 0.1) is 16.9 Å². The van der Waals surface area contributed by atoms with Gasteiger partial charge in [-0.15, -0.1) is 10.2 Å². The number of rotatable bonds is 8. The van der Waals surface area contributed by atoms with Gasteiger partial charge >= 0.3 is 0 Å². The van der Waals surface area contributed by atoms with Crippen LogP contribution in [0.25, 0.3) is 0 Å². The molecule has 2 rings (SSSR count). The van der Waals surface area contributed by atoms with E-state index in [-0.39, 0.29) is 11.2 Å². The van der Waals surface area contributed by atoms with Crippen molar-refractivity contribution in [3.63, 3.8) is 0 Å². The van der Waals surface area contributed by atoms with E-state index in [4.69, 9.17) is 5.26 Å². The maximum absolute atomic E-state index is 12.3. The normalized spacial score (nSPS) is 11.7. The van der Waals surface area contributed by atoms with Crippen molar-refractivity contribution in [1.82, 2.24) is 14.8 Å². The molecule has 126 valence electrons. The molecule has 0 aliphatic rings. The van der Waals surface area contributed by atoms with Crippen molar-refractivity contribution < 1.29 is 4.79 Å². The number of nitrogens with one attached hydrogen (secondary N) is 1. The van der Waals surface area contributed by atoms with Crippen LogP contribution in [0.4, 0.5) is 5.69 Å². The zero-order chi connectivity index (χ0) is 17.4. The monoisotopic (exact) mass is 343 g/mol. The largest absolute Gasteiger partial charge is 0.325 e. The lowest BCUT2D eigenvalue weighted by molar-refractivity contribution is -0.115. The van der Waals surface area contributed by atoms with Crippen LogP contribution in [-0.4, -0.2) is 25.9 Å². The molecule has 0 saturated heterocycles. The van der Waals surface area contributed by atoms with Gasteiger partial charge in [-0.25, -0.2) is 0 Å². The number of nitrogens with zero attached hydrogens (tertiary/aromatic N) is 4. The van der Waals surface area contributed by atoms with E-state index in [2.05, 4.69) is 28.5 Å². The molecule has 1 aromatic heterocycles. The maximum atomic E-state index is 12.3. The van der Waals surface area contributed by atoms with E-state index in [9.17, 15) is 4.79 Å². The van der Waals surface area contributed by atoms with Gasteiger partial charge in [-0.2, -0.15) is 5.26 Å². The lowest BCUT2D eigenvalue weighted by atomic mass is 10.2. The molecule has 0 bridgehead atoms. The molecule has 1 heterocycles. The summed E-state index contributed by atoms with van der Waals surface area (Å²) in [5.41, 5.74) is 1.14. The van der Waals surface area contributed by atoms with Crippen LogP contribution in [0.5, 0.6) is 0 Å². The van der Waals surface area contributed by atoms with Crippen LogP contribution in [0.3, 0.4) is 0 Å². The van der Waals surface area contributed by atoms with Crippen molar-refractivity contribution in [2.45, 2.75) is 50.1 Å². The Kier molecular flexibility index (Phi) is 6.82. The predicted molar refractivity (Wildman–Crippen MR) is 94.7 cm³/mol. The highest BCUT2D eigenvalue weighted by Crippen LogP contribution is 2.22. The van der Waals surface area contributed by atoms with E-state index in [0.29, 0.717) is 11.3 Å². The van der Waals surface area contributed by atoms with E-state index in [1.807, 2.05) is 11.5 Å². The minimum Gasteiger partial charge on any atom is -0.325 e. The Bertz CT molecular complexity index is 722. The second-order valence-corrected chi connectivity index (χ2v) is 6.76. The van der Waals surface area contributed by atoms with Gasteiger partial charge in [-0.05, 0) is 31.5 Å². The molecule has 24 heavy (non-hydrogen) atoms. The number of benzene rings is 1. The Morgan fingerprint density at radius 1 is 1.46 bits per heavy atom. The molecule has 0 radical (unpaired) electrons. The third-order valence-electron chi connectivity index (χ3n) is 3.49. The van der Waals surface area contributed by atoms with Gasteiger partial charge < -0.3 is 9.88 Å². The highest BCUT2D eigenvalue weighted by molar-refractivity contribution is 8.00. The number of carbonyl (C=O) groups excluding carboxylic acids is 1. The molecule has 1 N–H and O–H groups in total.